The Morgan fingerprint density at radius 3 is 2.70 bits per heavy atom. The molecule has 1 atom stereocenters. The lowest BCUT2D eigenvalue weighted by Gasteiger charge is -2.21. The molecule has 3 heteroatoms. The van der Waals surface area contributed by atoms with Crippen LogP contribution in [0, 0.1) is 17.2 Å². The van der Waals surface area contributed by atoms with Gasteiger partial charge in [-0.15, -0.1) is 0 Å². The predicted molar refractivity (Wildman–Crippen MR) is 78.2 cm³/mol. The number of nitriles is 1. The van der Waals surface area contributed by atoms with E-state index in [4.69, 9.17) is 0 Å². The van der Waals surface area contributed by atoms with Gasteiger partial charge in [0.15, 0.2) is 0 Å². The Morgan fingerprint density at radius 2 is 2.00 bits per heavy atom. The van der Waals surface area contributed by atoms with Crippen LogP contribution in [0.1, 0.15) is 35.8 Å². The monoisotopic (exact) mass is 264 g/mol. The Kier molecular flexibility index (Phi) is 2.94. The highest BCUT2D eigenvalue weighted by Crippen LogP contribution is 2.37. The van der Waals surface area contributed by atoms with Crippen LogP contribution in [-0.4, -0.2) is 17.4 Å². The number of fused-ring (bicyclic) bond motifs is 3. The number of benzene rings is 2. The van der Waals surface area contributed by atoms with Crippen molar-refractivity contribution < 1.29 is 4.79 Å². The van der Waals surface area contributed by atoms with Gasteiger partial charge in [-0.2, -0.15) is 5.26 Å². The normalized spacial score (nSPS) is 17.6. The maximum Gasteiger partial charge on any atom is 0.256 e. The molecule has 1 aliphatic rings. The molecule has 3 nitrogen and oxygen atoms in total. The Labute approximate surface area is 118 Å². The first-order chi connectivity index (χ1) is 9.63. The fraction of sp³-hybridized carbons (Fsp3) is 0.294. The first-order valence-corrected chi connectivity index (χ1v) is 6.85. The summed E-state index contributed by atoms with van der Waals surface area (Å²) < 4.78 is 0. The zero-order valence-electron chi connectivity index (χ0n) is 11.6. The average Bonchev–Trinajstić information content (AvgIpc) is 2.71. The lowest BCUT2D eigenvalue weighted by atomic mass is 9.98. The van der Waals surface area contributed by atoms with Crippen molar-refractivity contribution in [1.82, 2.24) is 4.90 Å². The summed E-state index contributed by atoms with van der Waals surface area (Å²) >= 11 is 0. The second-order valence-corrected chi connectivity index (χ2v) is 5.63. The van der Waals surface area contributed by atoms with Gasteiger partial charge in [0, 0.05) is 12.1 Å². The number of hydrogen-bond donors (Lipinski definition) is 0. The van der Waals surface area contributed by atoms with Crippen molar-refractivity contribution in [3.63, 3.8) is 0 Å². The van der Waals surface area contributed by atoms with Gasteiger partial charge in [0.2, 0.25) is 0 Å². The summed E-state index contributed by atoms with van der Waals surface area (Å²) in [6.07, 6.45) is 0. The van der Waals surface area contributed by atoms with Crippen LogP contribution in [0.4, 0.5) is 0 Å². The largest absolute Gasteiger partial charge is 0.318 e. The van der Waals surface area contributed by atoms with Gasteiger partial charge >= 0.3 is 0 Å². The first-order valence-electron chi connectivity index (χ1n) is 6.85. The lowest BCUT2D eigenvalue weighted by molar-refractivity contribution is 0.0738. The molecule has 0 radical (unpaired) electrons. The number of hydrogen-bond acceptors (Lipinski definition) is 2. The number of amides is 1. The van der Waals surface area contributed by atoms with E-state index < -0.39 is 6.04 Å². The zero-order chi connectivity index (χ0) is 14.3. The Hall–Kier alpha value is -2.34. The maximum atomic E-state index is 12.7. The predicted octanol–water partition coefficient (Wildman–Crippen LogP) is 3.52. The van der Waals surface area contributed by atoms with E-state index in [1.807, 2.05) is 36.4 Å². The third-order valence-electron chi connectivity index (χ3n) is 3.73. The summed E-state index contributed by atoms with van der Waals surface area (Å²) in [7, 11) is 0. The van der Waals surface area contributed by atoms with Crippen LogP contribution in [0.25, 0.3) is 10.8 Å². The SMILES string of the molecule is CC(C)CN1C(=O)c2c(ccc3ccccc23)C1C#N. The molecule has 2 aromatic rings. The topological polar surface area (TPSA) is 44.1 Å². The van der Waals surface area contributed by atoms with E-state index in [0.29, 0.717) is 18.0 Å². The molecular weight excluding hydrogens is 248 g/mol. The minimum absolute atomic E-state index is 0.0166. The summed E-state index contributed by atoms with van der Waals surface area (Å²) in [6.45, 7) is 4.73. The van der Waals surface area contributed by atoms with Gasteiger partial charge in [0.05, 0.1) is 11.6 Å². The van der Waals surface area contributed by atoms with Crippen LogP contribution in [0.5, 0.6) is 0 Å². The molecule has 0 saturated heterocycles. The molecule has 0 bridgehead atoms. The molecule has 1 aliphatic heterocycles. The molecule has 0 aliphatic carbocycles. The van der Waals surface area contributed by atoms with Gasteiger partial charge in [0.25, 0.3) is 5.91 Å². The Balaban J connectivity index is 2.21. The Bertz CT molecular complexity index is 727. The standard InChI is InChI=1S/C17H16N2O/c1-11(2)10-19-15(9-18)14-8-7-12-5-3-4-6-13(12)16(14)17(19)20/h3-8,11,15H,10H2,1-2H3. The van der Waals surface area contributed by atoms with Crippen LogP contribution in [0.2, 0.25) is 0 Å². The third kappa shape index (κ3) is 1.77. The Morgan fingerprint density at radius 1 is 1.25 bits per heavy atom. The molecular formula is C17H16N2O. The van der Waals surface area contributed by atoms with E-state index >= 15 is 0 Å². The summed E-state index contributed by atoms with van der Waals surface area (Å²) in [4.78, 5) is 14.4. The number of carbonyl (C=O) groups excluding carboxylic acids is 1. The van der Waals surface area contributed by atoms with Crippen molar-refractivity contribution in [2.75, 3.05) is 6.54 Å². The van der Waals surface area contributed by atoms with Crippen molar-refractivity contribution in [2.45, 2.75) is 19.9 Å². The fourth-order valence-corrected chi connectivity index (χ4v) is 2.90. The molecule has 0 aromatic heterocycles. The van der Waals surface area contributed by atoms with E-state index in [-0.39, 0.29) is 5.91 Å². The highest BCUT2D eigenvalue weighted by Gasteiger charge is 2.38. The summed E-state index contributed by atoms with van der Waals surface area (Å²) in [6, 6.07) is 13.6. The molecule has 20 heavy (non-hydrogen) atoms. The third-order valence-corrected chi connectivity index (χ3v) is 3.73. The highest BCUT2D eigenvalue weighted by molar-refractivity contribution is 6.11. The molecule has 1 amide bonds. The van der Waals surface area contributed by atoms with Crippen LogP contribution in [-0.2, 0) is 0 Å². The average molecular weight is 264 g/mol. The first kappa shape index (κ1) is 12.7. The molecule has 1 heterocycles. The van der Waals surface area contributed by atoms with E-state index in [1.54, 1.807) is 4.90 Å². The van der Waals surface area contributed by atoms with Crippen molar-refractivity contribution in [3.8, 4) is 6.07 Å². The quantitative estimate of drug-likeness (QED) is 0.833. The number of carbonyl (C=O) groups is 1. The van der Waals surface area contributed by atoms with Gasteiger partial charge < -0.3 is 4.90 Å². The van der Waals surface area contributed by atoms with Gasteiger partial charge in [-0.25, -0.2) is 0 Å². The summed E-state index contributed by atoms with van der Waals surface area (Å²) in [5.74, 6) is 0.326. The molecule has 0 spiro atoms. The van der Waals surface area contributed by atoms with E-state index in [9.17, 15) is 10.1 Å². The molecule has 0 saturated carbocycles. The van der Waals surface area contributed by atoms with E-state index in [1.165, 1.54) is 0 Å². The van der Waals surface area contributed by atoms with Crippen LogP contribution >= 0.6 is 0 Å². The van der Waals surface area contributed by atoms with Gasteiger partial charge in [0.1, 0.15) is 6.04 Å². The smallest absolute Gasteiger partial charge is 0.256 e. The van der Waals surface area contributed by atoms with Crippen molar-refractivity contribution in [2.24, 2.45) is 5.92 Å². The molecule has 3 rings (SSSR count). The summed E-state index contributed by atoms with van der Waals surface area (Å²) in [5, 5.41) is 11.4. The maximum absolute atomic E-state index is 12.7. The van der Waals surface area contributed by atoms with Gasteiger partial charge in [-0.3, -0.25) is 4.79 Å². The van der Waals surface area contributed by atoms with Crippen molar-refractivity contribution in [3.05, 3.63) is 47.5 Å². The molecule has 0 N–H and O–H groups in total. The fourth-order valence-electron chi connectivity index (χ4n) is 2.90. The lowest BCUT2D eigenvalue weighted by Crippen LogP contribution is -2.31. The minimum Gasteiger partial charge on any atom is -0.318 e. The highest BCUT2D eigenvalue weighted by atomic mass is 16.2. The van der Waals surface area contributed by atoms with E-state index in [0.717, 1.165) is 16.3 Å². The number of rotatable bonds is 2. The van der Waals surface area contributed by atoms with Crippen LogP contribution in [0.3, 0.4) is 0 Å². The second-order valence-electron chi connectivity index (χ2n) is 5.63. The minimum atomic E-state index is -0.454. The van der Waals surface area contributed by atoms with Crippen molar-refractivity contribution in [1.29, 1.82) is 5.26 Å². The summed E-state index contributed by atoms with van der Waals surface area (Å²) in [5.41, 5.74) is 1.55. The molecule has 1 unspecified atom stereocenters. The van der Waals surface area contributed by atoms with Crippen LogP contribution < -0.4 is 0 Å². The van der Waals surface area contributed by atoms with Crippen LogP contribution in [0.15, 0.2) is 36.4 Å². The molecule has 100 valence electrons. The van der Waals surface area contributed by atoms with Gasteiger partial charge in [-0.1, -0.05) is 50.2 Å². The van der Waals surface area contributed by atoms with Gasteiger partial charge in [-0.05, 0) is 16.7 Å². The molecule has 2 aromatic carbocycles. The zero-order valence-corrected chi connectivity index (χ0v) is 11.6. The number of nitrogens with zero attached hydrogens (tertiary/aromatic N) is 2. The van der Waals surface area contributed by atoms with E-state index in [2.05, 4.69) is 19.9 Å². The molecule has 0 fully saturated rings. The van der Waals surface area contributed by atoms with Crippen molar-refractivity contribution >= 4 is 16.7 Å². The second kappa shape index (κ2) is 4.64.